The number of nitrogens with zero attached hydrogens (tertiary/aromatic N) is 1. The molecule has 118 valence electrons. The first-order valence-corrected chi connectivity index (χ1v) is 8.54. The van der Waals surface area contributed by atoms with E-state index in [1.807, 2.05) is 0 Å². The van der Waals surface area contributed by atoms with Crippen LogP contribution in [-0.4, -0.2) is 47.8 Å². The summed E-state index contributed by atoms with van der Waals surface area (Å²) in [4.78, 5) is 12.9. The number of piperidine rings is 1. The molecule has 0 bridgehead atoms. The molecule has 6 heteroatoms. The van der Waals surface area contributed by atoms with E-state index in [1.54, 1.807) is 11.3 Å². The fraction of sp³-hybridized carbons (Fsp3) is 0.667. The summed E-state index contributed by atoms with van der Waals surface area (Å²) >= 11 is 1.74. The fourth-order valence-corrected chi connectivity index (χ4v) is 3.44. The maximum Gasteiger partial charge on any atom is 0.404 e. The summed E-state index contributed by atoms with van der Waals surface area (Å²) in [6.45, 7) is 5.87. The van der Waals surface area contributed by atoms with E-state index in [4.69, 9.17) is 5.11 Å². The van der Waals surface area contributed by atoms with E-state index in [-0.39, 0.29) is 0 Å². The Labute approximate surface area is 130 Å². The van der Waals surface area contributed by atoms with Crippen molar-refractivity contribution < 1.29 is 9.90 Å². The average Bonchev–Trinajstić information content (AvgIpc) is 2.98. The minimum absolute atomic E-state index is 0.440. The van der Waals surface area contributed by atoms with Gasteiger partial charge in [0, 0.05) is 25.2 Å². The summed E-state index contributed by atoms with van der Waals surface area (Å²) in [5.74, 6) is 0. The molecule has 1 saturated heterocycles. The standard InChI is InChI=1S/C15H25N3O2S/c1-12(2-6-16-15(19)20)18-7-3-14(4-8-18)17-10-13-5-9-21-11-13/h5,9,11-12,14,16-17H,2-4,6-8,10H2,1H3,(H,19,20). The number of carboxylic acid groups (broad SMARTS) is 1. The lowest BCUT2D eigenvalue weighted by atomic mass is 10.0. The Balaban J connectivity index is 1.62. The van der Waals surface area contributed by atoms with Crippen LogP contribution in [0, 0.1) is 0 Å². The normalized spacial score (nSPS) is 18.5. The first-order chi connectivity index (χ1) is 10.1. The number of amides is 1. The molecular weight excluding hydrogens is 286 g/mol. The second-order valence-corrected chi connectivity index (χ2v) is 6.47. The summed E-state index contributed by atoms with van der Waals surface area (Å²) in [6, 6.07) is 3.21. The molecule has 0 aliphatic carbocycles. The molecule has 0 saturated carbocycles. The predicted molar refractivity (Wildman–Crippen MR) is 85.9 cm³/mol. The molecule has 1 aromatic heterocycles. The number of rotatable bonds is 7. The molecule has 0 radical (unpaired) electrons. The molecule has 5 nitrogen and oxygen atoms in total. The number of thiophene rings is 1. The molecule has 21 heavy (non-hydrogen) atoms. The van der Waals surface area contributed by atoms with Crippen LogP contribution < -0.4 is 10.6 Å². The SMILES string of the molecule is CC(CCNC(=O)O)N1CCC(NCc2ccsc2)CC1. The Kier molecular flexibility index (Phi) is 6.48. The van der Waals surface area contributed by atoms with Gasteiger partial charge in [-0.15, -0.1) is 0 Å². The van der Waals surface area contributed by atoms with E-state index >= 15 is 0 Å². The van der Waals surface area contributed by atoms with Gasteiger partial charge < -0.3 is 20.6 Å². The summed E-state index contributed by atoms with van der Waals surface area (Å²) in [6.07, 6.45) is 2.28. The highest BCUT2D eigenvalue weighted by Crippen LogP contribution is 2.15. The molecule has 1 fully saturated rings. The second kappa shape index (κ2) is 8.36. The Morgan fingerprint density at radius 3 is 2.90 bits per heavy atom. The molecule has 1 aliphatic heterocycles. The minimum Gasteiger partial charge on any atom is -0.465 e. The molecule has 1 atom stereocenters. The van der Waals surface area contributed by atoms with Gasteiger partial charge in [0.15, 0.2) is 0 Å². The number of carbonyl (C=O) groups is 1. The molecule has 2 heterocycles. The van der Waals surface area contributed by atoms with Crippen molar-refractivity contribution in [3.63, 3.8) is 0 Å². The summed E-state index contributed by atoms with van der Waals surface area (Å²) < 4.78 is 0. The zero-order valence-electron chi connectivity index (χ0n) is 12.5. The molecule has 0 spiro atoms. The van der Waals surface area contributed by atoms with Crippen molar-refractivity contribution in [2.45, 2.75) is 44.8 Å². The fourth-order valence-electron chi connectivity index (χ4n) is 2.77. The van der Waals surface area contributed by atoms with Crippen LogP contribution in [0.4, 0.5) is 4.79 Å². The quantitative estimate of drug-likeness (QED) is 0.723. The van der Waals surface area contributed by atoms with Crippen LogP contribution in [0.5, 0.6) is 0 Å². The van der Waals surface area contributed by atoms with Crippen molar-refractivity contribution in [1.29, 1.82) is 0 Å². The summed E-state index contributed by atoms with van der Waals surface area (Å²) in [7, 11) is 0. The maximum atomic E-state index is 10.4. The Hall–Kier alpha value is -1.11. The van der Waals surface area contributed by atoms with E-state index < -0.39 is 6.09 Å². The second-order valence-electron chi connectivity index (χ2n) is 5.69. The first-order valence-electron chi connectivity index (χ1n) is 7.60. The number of nitrogens with one attached hydrogen (secondary N) is 2. The third-order valence-electron chi connectivity index (χ3n) is 4.17. The molecule has 1 aromatic rings. The zero-order valence-corrected chi connectivity index (χ0v) is 13.4. The van der Waals surface area contributed by atoms with Gasteiger partial charge in [-0.1, -0.05) is 0 Å². The maximum absolute atomic E-state index is 10.4. The number of hydrogen-bond donors (Lipinski definition) is 3. The summed E-state index contributed by atoms with van der Waals surface area (Å²) in [5, 5.41) is 19.0. The average molecular weight is 311 g/mol. The van der Waals surface area contributed by atoms with Crippen LogP contribution in [0.25, 0.3) is 0 Å². The Morgan fingerprint density at radius 2 is 2.29 bits per heavy atom. The highest BCUT2D eigenvalue weighted by molar-refractivity contribution is 7.07. The molecular formula is C15H25N3O2S. The molecule has 1 aliphatic rings. The first kappa shape index (κ1) is 16.3. The molecule has 3 N–H and O–H groups in total. The van der Waals surface area contributed by atoms with E-state index in [0.29, 0.717) is 18.6 Å². The van der Waals surface area contributed by atoms with Gasteiger partial charge in [0.25, 0.3) is 0 Å². The highest BCUT2D eigenvalue weighted by Gasteiger charge is 2.22. The molecule has 1 amide bonds. The van der Waals surface area contributed by atoms with Crippen LogP contribution in [-0.2, 0) is 6.54 Å². The van der Waals surface area contributed by atoms with Crippen molar-refractivity contribution in [2.75, 3.05) is 19.6 Å². The monoisotopic (exact) mass is 311 g/mol. The van der Waals surface area contributed by atoms with E-state index in [1.165, 1.54) is 18.4 Å². The van der Waals surface area contributed by atoms with Gasteiger partial charge in [-0.05, 0) is 61.7 Å². The topological polar surface area (TPSA) is 64.6 Å². The van der Waals surface area contributed by atoms with Gasteiger partial charge in [-0.3, -0.25) is 0 Å². The van der Waals surface area contributed by atoms with E-state index in [0.717, 1.165) is 26.1 Å². The lowest BCUT2D eigenvalue weighted by Crippen LogP contribution is -2.46. The zero-order chi connectivity index (χ0) is 15.1. The number of likely N-dealkylation sites (tertiary alicyclic amines) is 1. The van der Waals surface area contributed by atoms with Crippen molar-refractivity contribution in [3.05, 3.63) is 22.4 Å². The lowest BCUT2D eigenvalue weighted by Gasteiger charge is -2.36. The van der Waals surface area contributed by atoms with Crippen molar-refractivity contribution in [2.24, 2.45) is 0 Å². The number of hydrogen-bond acceptors (Lipinski definition) is 4. The van der Waals surface area contributed by atoms with Crippen LogP contribution in [0.1, 0.15) is 31.7 Å². The molecule has 1 unspecified atom stereocenters. The van der Waals surface area contributed by atoms with Crippen molar-refractivity contribution in [3.8, 4) is 0 Å². The lowest BCUT2D eigenvalue weighted by molar-refractivity contribution is 0.144. The van der Waals surface area contributed by atoms with Crippen LogP contribution >= 0.6 is 11.3 Å². The Bertz CT molecular complexity index is 417. The smallest absolute Gasteiger partial charge is 0.404 e. The van der Waals surface area contributed by atoms with Gasteiger partial charge in [-0.2, -0.15) is 11.3 Å². The summed E-state index contributed by atoms with van der Waals surface area (Å²) in [5.41, 5.74) is 1.37. The van der Waals surface area contributed by atoms with Crippen LogP contribution in [0.15, 0.2) is 16.8 Å². The van der Waals surface area contributed by atoms with E-state index in [9.17, 15) is 4.79 Å². The predicted octanol–water partition coefficient (Wildman–Crippen LogP) is 2.35. The molecule has 2 rings (SSSR count). The van der Waals surface area contributed by atoms with Crippen LogP contribution in [0.3, 0.4) is 0 Å². The van der Waals surface area contributed by atoms with Crippen molar-refractivity contribution in [1.82, 2.24) is 15.5 Å². The van der Waals surface area contributed by atoms with E-state index in [2.05, 4.69) is 39.3 Å². The van der Waals surface area contributed by atoms with Gasteiger partial charge in [0.1, 0.15) is 0 Å². The van der Waals surface area contributed by atoms with Gasteiger partial charge in [0.05, 0.1) is 0 Å². The van der Waals surface area contributed by atoms with Crippen molar-refractivity contribution >= 4 is 17.4 Å². The van der Waals surface area contributed by atoms with Gasteiger partial charge in [0.2, 0.25) is 0 Å². The highest BCUT2D eigenvalue weighted by atomic mass is 32.1. The van der Waals surface area contributed by atoms with Gasteiger partial charge >= 0.3 is 6.09 Å². The molecule has 0 aromatic carbocycles. The Morgan fingerprint density at radius 1 is 1.52 bits per heavy atom. The third-order valence-corrected chi connectivity index (χ3v) is 4.90. The van der Waals surface area contributed by atoms with Gasteiger partial charge in [-0.25, -0.2) is 4.79 Å². The minimum atomic E-state index is -0.932. The van der Waals surface area contributed by atoms with Crippen LogP contribution in [0.2, 0.25) is 0 Å². The largest absolute Gasteiger partial charge is 0.465 e. The third kappa shape index (κ3) is 5.65.